The van der Waals surface area contributed by atoms with E-state index in [1.807, 2.05) is 5.55 Å². The lowest BCUT2D eigenvalue weighted by atomic mass is 10.1. The van der Waals surface area contributed by atoms with Crippen molar-refractivity contribution in [1.29, 1.82) is 0 Å². The van der Waals surface area contributed by atoms with Gasteiger partial charge in [0.05, 0.1) is 5.55 Å². The summed E-state index contributed by atoms with van der Waals surface area (Å²) in [5.41, 5.74) is 3.17. The molecule has 1 atom stereocenters. The zero-order valence-corrected chi connectivity index (χ0v) is 7.48. The molecule has 0 N–H and O–H groups in total. The van der Waals surface area contributed by atoms with Crippen molar-refractivity contribution in [2.24, 2.45) is 10.9 Å². The third-order valence-electron chi connectivity index (χ3n) is 1.47. The quantitative estimate of drug-likeness (QED) is 0.567. The first-order valence-corrected chi connectivity index (χ1v) is 4.54. The normalized spacial score (nSPS) is 25.2. The van der Waals surface area contributed by atoms with Crippen LogP contribution in [0.3, 0.4) is 0 Å². The Kier molecular flexibility index (Phi) is 2.55. The average molecular weight is 155 g/mol. The highest BCUT2D eigenvalue weighted by molar-refractivity contribution is 8.12. The Bertz CT molecular complexity index is 170. The van der Waals surface area contributed by atoms with E-state index in [0.717, 1.165) is 0 Å². The summed E-state index contributed by atoms with van der Waals surface area (Å²) in [4.78, 5) is 4.28. The first-order chi connectivity index (χ1) is 4.70. The summed E-state index contributed by atoms with van der Waals surface area (Å²) in [6.07, 6.45) is 2.23. The number of rotatable bonds is 1. The topological polar surface area (TPSA) is 12.4 Å². The van der Waals surface area contributed by atoms with Crippen molar-refractivity contribution in [3.63, 3.8) is 0 Å². The maximum absolute atomic E-state index is 4.28. The summed E-state index contributed by atoms with van der Waals surface area (Å²) in [7, 11) is 0. The number of nitrogens with zero attached hydrogens (tertiary/aromatic N) is 1. The number of hydrogen-bond acceptors (Lipinski definition) is 2. The van der Waals surface area contributed by atoms with Gasteiger partial charge in [0, 0.05) is 10.9 Å². The van der Waals surface area contributed by atoms with Crippen LogP contribution in [0.4, 0.5) is 0 Å². The molecular formula is C8H13NS. The lowest BCUT2D eigenvalue weighted by Gasteiger charge is -2.12. The van der Waals surface area contributed by atoms with Crippen molar-refractivity contribution in [3.05, 3.63) is 11.8 Å². The van der Waals surface area contributed by atoms with Gasteiger partial charge in [0.2, 0.25) is 0 Å². The fourth-order valence-electron chi connectivity index (χ4n) is 0.852. The maximum atomic E-state index is 4.28. The van der Waals surface area contributed by atoms with E-state index in [1.54, 1.807) is 11.8 Å². The summed E-state index contributed by atoms with van der Waals surface area (Å²) in [5, 5.41) is 0.606. The number of aliphatic imine (C=N–C) groups is 1. The molecule has 0 bridgehead atoms. The minimum Gasteiger partial charge on any atom is -0.254 e. The van der Waals surface area contributed by atoms with E-state index in [1.165, 1.54) is 5.70 Å². The summed E-state index contributed by atoms with van der Waals surface area (Å²) >= 11 is 1.77. The highest BCUT2D eigenvalue weighted by Crippen LogP contribution is 2.21. The van der Waals surface area contributed by atoms with Crippen LogP contribution in [-0.2, 0) is 0 Å². The Balaban J connectivity index is 2.66. The first-order valence-electron chi connectivity index (χ1n) is 3.60. The fourth-order valence-corrected chi connectivity index (χ4v) is 1.44. The van der Waals surface area contributed by atoms with E-state index in [4.69, 9.17) is 0 Å². The molecule has 0 radical (unpaired) electrons. The highest BCUT2D eigenvalue weighted by Gasteiger charge is 2.07. The summed E-state index contributed by atoms with van der Waals surface area (Å²) in [5.74, 6) is 0.569. The molecule has 1 aliphatic rings. The number of thioether (sulfide) groups is 1. The highest BCUT2D eigenvalue weighted by atomic mass is 32.2. The largest absolute Gasteiger partial charge is 0.254 e. The molecule has 1 heterocycles. The first kappa shape index (κ1) is 7.86. The SMILES string of the molecule is CC(C)C1=C[C@H](C)SC=N1. The lowest BCUT2D eigenvalue weighted by Crippen LogP contribution is -2.02. The summed E-state index contributed by atoms with van der Waals surface area (Å²) < 4.78 is 0. The van der Waals surface area contributed by atoms with Gasteiger partial charge in [-0.05, 0) is 18.9 Å². The molecule has 1 nitrogen and oxygen atoms in total. The molecule has 0 saturated carbocycles. The van der Waals surface area contributed by atoms with Crippen LogP contribution in [-0.4, -0.2) is 10.8 Å². The van der Waals surface area contributed by atoms with Crippen LogP contribution in [0, 0.1) is 5.92 Å². The summed E-state index contributed by atoms with van der Waals surface area (Å²) in [6.45, 7) is 6.54. The van der Waals surface area contributed by atoms with Crippen molar-refractivity contribution in [3.8, 4) is 0 Å². The molecule has 1 aliphatic heterocycles. The molecule has 0 aromatic heterocycles. The van der Waals surface area contributed by atoms with Gasteiger partial charge in [0.25, 0.3) is 0 Å². The van der Waals surface area contributed by atoms with E-state index in [-0.39, 0.29) is 0 Å². The molecule has 0 spiro atoms. The third kappa shape index (κ3) is 1.87. The van der Waals surface area contributed by atoms with Crippen LogP contribution in [0.25, 0.3) is 0 Å². The molecule has 0 amide bonds. The Labute approximate surface area is 66.6 Å². The monoisotopic (exact) mass is 155 g/mol. The molecule has 0 saturated heterocycles. The van der Waals surface area contributed by atoms with Gasteiger partial charge in [-0.3, -0.25) is 4.99 Å². The van der Waals surface area contributed by atoms with Gasteiger partial charge in [-0.2, -0.15) is 0 Å². The second-order valence-electron chi connectivity index (χ2n) is 2.82. The van der Waals surface area contributed by atoms with Crippen molar-refractivity contribution < 1.29 is 0 Å². The van der Waals surface area contributed by atoms with Gasteiger partial charge < -0.3 is 0 Å². The molecule has 0 unspecified atom stereocenters. The van der Waals surface area contributed by atoms with Gasteiger partial charge in [-0.1, -0.05) is 13.8 Å². The van der Waals surface area contributed by atoms with Crippen molar-refractivity contribution in [2.75, 3.05) is 0 Å². The minimum absolute atomic E-state index is 0.569. The van der Waals surface area contributed by atoms with Crippen LogP contribution >= 0.6 is 11.8 Å². The minimum atomic E-state index is 0.569. The van der Waals surface area contributed by atoms with Crippen molar-refractivity contribution in [2.45, 2.75) is 26.0 Å². The molecule has 56 valence electrons. The standard InChI is InChI=1S/C8H13NS/c1-6(2)8-4-7(3)10-5-9-8/h4-7H,1-3H3/t7-/m0/s1. The van der Waals surface area contributed by atoms with Crippen LogP contribution < -0.4 is 0 Å². The smallest absolute Gasteiger partial charge is 0.0605 e. The van der Waals surface area contributed by atoms with E-state index >= 15 is 0 Å². The van der Waals surface area contributed by atoms with Crippen LogP contribution in [0.5, 0.6) is 0 Å². The zero-order valence-electron chi connectivity index (χ0n) is 6.66. The second kappa shape index (κ2) is 3.24. The molecule has 0 aromatic carbocycles. The average Bonchev–Trinajstić information content (AvgIpc) is 1.88. The van der Waals surface area contributed by atoms with Crippen LogP contribution in [0.1, 0.15) is 20.8 Å². The van der Waals surface area contributed by atoms with Crippen molar-refractivity contribution in [1.82, 2.24) is 0 Å². The molecule has 10 heavy (non-hydrogen) atoms. The van der Waals surface area contributed by atoms with Crippen molar-refractivity contribution >= 4 is 17.3 Å². The van der Waals surface area contributed by atoms with E-state index in [9.17, 15) is 0 Å². The lowest BCUT2D eigenvalue weighted by molar-refractivity contribution is 0.753. The zero-order chi connectivity index (χ0) is 7.56. The third-order valence-corrected chi connectivity index (χ3v) is 2.27. The fraction of sp³-hybridized carbons (Fsp3) is 0.625. The number of allylic oxidation sites excluding steroid dienone is 1. The number of hydrogen-bond donors (Lipinski definition) is 0. The Morgan fingerprint density at radius 2 is 2.30 bits per heavy atom. The van der Waals surface area contributed by atoms with Gasteiger partial charge >= 0.3 is 0 Å². The van der Waals surface area contributed by atoms with Gasteiger partial charge in [0.1, 0.15) is 0 Å². The van der Waals surface area contributed by atoms with Gasteiger partial charge in [-0.15, -0.1) is 11.8 Å². The predicted octanol–water partition coefficient (Wildman–Crippen LogP) is 2.69. The van der Waals surface area contributed by atoms with Gasteiger partial charge in [0.15, 0.2) is 0 Å². The molecular weight excluding hydrogens is 142 g/mol. The molecule has 1 rings (SSSR count). The van der Waals surface area contributed by atoms with E-state index < -0.39 is 0 Å². The Morgan fingerprint density at radius 1 is 1.60 bits per heavy atom. The molecule has 2 heteroatoms. The Morgan fingerprint density at radius 3 is 2.70 bits per heavy atom. The maximum Gasteiger partial charge on any atom is 0.0605 e. The van der Waals surface area contributed by atoms with E-state index in [0.29, 0.717) is 11.2 Å². The van der Waals surface area contributed by atoms with Crippen LogP contribution in [0.15, 0.2) is 16.8 Å². The molecule has 0 fully saturated rings. The molecule has 0 aromatic rings. The second-order valence-corrected chi connectivity index (χ2v) is 4.05. The van der Waals surface area contributed by atoms with E-state index in [2.05, 4.69) is 31.8 Å². The summed E-state index contributed by atoms with van der Waals surface area (Å²) in [6, 6.07) is 0. The predicted molar refractivity (Wildman–Crippen MR) is 48.5 cm³/mol. The van der Waals surface area contributed by atoms with Crippen LogP contribution in [0.2, 0.25) is 0 Å². The Hall–Kier alpha value is -0.240. The molecule has 0 aliphatic carbocycles. The van der Waals surface area contributed by atoms with Gasteiger partial charge in [-0.25, -0.2) is 0 Å².